The Morgan fingerprint density at radius 2 is 1.96 bits per heavy atom. The van der Waals surface area contributed by atoms with E-state index in [9.17, 15) is 14.4 Å². The molecule has 7 heteroatoms. The molecule has 1 fully saturated rings. The summed E-state index contributed by atoms with van der Waals surface area (Å²) >= 11 is 0. The molecule has 1 aromatic carbocycles. The summed E-state index contributed by atoms with van der Waals surface area (Å²) in [6, 6.07) is 6.68. The molecule has 26 heavy (non-hydrogen) atoms. The average molecular weight is 360 g/mol. The lowest BCUT2D eigenvalue weighted by molar-refractivity contribution is -0.147. The van der Waals surface area contributed by atoms with Crippen LogP contribution in [0.5, 0.6) is 0 Å². The molecule has 7 nitrogen and oxygen atoms in total. The zero-order valence-corrected chi connectivity index (χ0v) is 14.9. The number of aromatic nitrogens is 2. The Labute approximate surface area is 150 Å². The Hall–Kier alpha value is -2.41. The van der Waals surface area contributed by atoms with Gasteiger partial charge in [-0.2, -0.15) is 0 Å². The number of ether oxygens (including phenoxy) is 2. The molecule has 140 valence electrons. The second-order valence-electron chi connectivity index (χ2n) is 6.76. The van der Waals surface area contributed by atoms with E-state index in [1.807, 2.05) is 0 Å². The summed E-state index contributed by atoms with van der Waals surface area (Å²) in [7, 11) is 0. The Bertz CT molecular complexity index is 885. The van der Waals surface area contributed by atoms with E-state index in [2.05, 4.69) is 11.9 Å². The van der Waals surface area contributed by atoms with E-state index in [1.54, 1.807) is 24.3 Å². The van der Waals surface area contributed by atoms with Crippen LogP contribution < -0.4 is 11.2 Å². The summed E-state index contributed by atoms with van der Waals surface area (Å²) in [4.78, 5) is 39.0. The van der Waals surface area contributed by atoms with Crippen molar-refractivity contribution >= 4 is 16.9 Å². The minimum Gasteiger partial charge on any atom is -0.462 e. The van der Waals surface area contributed by atoms with Crippen molar-refractivity contribution in [2.75, 3.05) is 13.2 Å². The SMILES string of the molecule is C[C@H]1CCCC[C@H]1OCCOC(=O)Cn1c(=O)[nH]c2ccccc2c1=O. The minimum absolute atomic E-state index is 0.113. The van der Waals surface area contributed by atoms with Crippen molar-refractivity contribution in [1.29, 1.82) is 0 Å². The number of H-pyrrole nitrogens is 1. The number of fused-ring (bicyclic) bond motifs is 1. The van der Waals surface area contributed by atoms with Crippen molar-refractivity contribution in [3.8, 4) is 0 Å². The van der Waals surface area contributed by atoms with Gasteiger partial charge in [-0.05, 0) is 30.9 Å². The summed E-state index contributed by atoms with van der Waals surface area (Å²) in [6.07, 6.45) is 4.83. The first-order valence-corrected chi connectivity index (χ1v) is 9.05. The van der Waals surface area contributed by atoms with Crippen LogP contribution in [0.2, 0.25) is 0 Å². The van der Waals surface area contributed by atoms with Crippen molar-refractivity contribution < 1.29 is 14.3 Å². The Kier molecular flexibility index (Phi) is 5.88. The van der Waals surface area contributed by atoms with Gasteiger partial charge in [-0.15, -0.1) is 0 Å². The van der Waals surface area contributed by atoms with Gasteiger partial charge in [-0.1, -0.05) is 31.9 Å². The standard InChI is InChI=1S/C19H24N2O5/c1-13-6-2-5-9-16(13)25-10-11-26-17(22)12-21-18(23)14-7-3-4-8-15(14)20-19(21)24/h3-4,7-8,13,16H,2,5-6,9-12H2,1H3,(H,20,24)/t13-,16+/m0/s1. The van der Waals surface area contributed by atoms with Gasteiger partial charge in [-0.25, -0.2) is 9.36 Å². The van der Waals surface area contributed by atoms with Gasteiger partial charge in [0.25, 0.3) is 5.56 Å². The van der Waals surface area contributed by atoms with Crippen LogP contribution in [0.4, 0.5) is 0 Å². The Morgan fingerprint density at radius 3 is 2.77 bits per heavy atom. The number of hydrogen-bond acceptors (Lipinski definition) is 5. The third-order valence-corrected chi connectivity index (χ3v) is 4.89. The van der Waals surface area contributed by atoms with Gasteiger partial charge in [0.05, 0.1) is 23.6 Å². The Balaban J connectivity index is 1.54. The second-order valence-corrected chi connectivity index (χ2v) is 6.76. The topological polar surface area (TPSA) is 90.4 Å². The van der Waals surface area contributed by atoms with Gasteiger partial charge in [0.1, 0.15) is 13.2 Å². The number of hydrogen-bond donors (Lipinski definition) is 1. The summed E-state index contributed by atoms with van der Waals surface area (Å²) in [6.45, 7) is 2.19. The van der Waals surface area contributed by atoms with E-state index in [0.717, 1.165) is 17.4 Å². The van der Waals surface area contributed by atoms with Crippen LogP contribution in [-0.2, 0) is 20.8 Å². The van der Waals surface area contributed by atoms with Crippen LogP contribution in [0.1, 0.15) is 32.6 Å². The van der Waals surface area contributed by atoms with Crippen molar-refractivity contribution in [3.05, 3.63) is 45.1 Å². The molecule has 0 aliphatic heterocycles. The second kappa shape index (κ2) is 8.31. The molecule has 1 N–H and O–H groups in total. The number of carbonyl (C=O) groups is 1. The van der Waals surface area contributed by atoms with E-state index >= 15 is 0 Å². The molecular formula is C19H24N2O5. The molecule has 0 saturated heterocycles. The van der Waals surface area contributed by atoms with Crippen LogP contribution in [-0.4, -0.2) is 34.8 Å². The maximum absolute atomic E-state index is 12.4. The van der Waals surface area contributed by atoms with E-state index in [-0.39, 0.29) is 12.7 Å². The fraction of sp³-hybridized carbons (Fsp3) is 0.526. The summed E-state index contributed by atoms with van der Waals surface area (Å²) < 4.78 is 11.8. The minimum atomic E-state index is -0.631. The zero-order valence-electron chi connectivity index (χ0n) is 14.9. The molecule has 0 amide bonds. The largest absolute Gasteiger partial charge is 0.462 e. The monoisotopic (exact) mass is 360 g/mol. The number of para-hydroxylation sites is 1. The van der Waals surface area contributed by atoms with Gasteiger partial charge in [0, 0.05) is 0 Å². The Morgan fingerprint density at radius 1 is 1.19 bits per heavy atom. The molecule has 0 radical (unpaired) electrons. The first kappa shape index (κ1) is 18.4. The van der Waals surface area contributed by atoms with E-state index in [4.69, 9.17) is 9.47 Å². The van der Waals surface area contributed by atoms with Gasteiger partial charge < -0.3 is 14.5 Å². The molecule has 1 aliphatic rings. The fourth-order valence-corrected chi connectivity index (χ4v) is 3.40. The first-order valence-electron chi connectivity index (χ1n) is 9.05. The van der Waals surface area contributed by atoms with E-state index < -0.39 is 23.8 Å². The summed E-state index contributed by atoms with van der Waals surface area (Å²) in [5.74, 6) is -0.109. The number of esters is 1. The van der Waals surface area contributed by atoms with Crippen LogP contribution in [0.15, 0.2) is 33.9 Å². The van der Waals surface area contributed by atoms with Crippen molar-refractivity contribution in [1.82, 2.24) is 9.55 Å². The summed E-state index contributed by atoms with van der Waals surface area (Å²) in [5, 5.41) is 0.356. The number of benzene rings is 1. The fourth-order valence-electron chi connectivity index (χ4n) is 3.40. The van der Waals surface area contributed by atoms with Crippen LogP contribution in [0, 0.1) is 5.92 Å². The summed E-state index contributed by atoms with van der Waals surface area (Å²) in [5.41, 5.74) is -0.686. The molecule has 0 unspecified atom stereocenters. The molecule has 1 heterocycles. The predicted octanol–water partition coefficient (Wildman–Crippen LogP) is 1.83. The number of nitrogens with zero attached hydrogens (tertiary/aromatic N) is 1. The molecule has 3 rings (SSSR count). The highest BCUT2D eigenvalue weighted by molar-refractivity contribution is 5.77. The normalized spacial score (nSPS) is 20.2. The predicted molar refractivity (Wildman–Crippen MR) is 97.2 cm³/mol. The number of rotatable bonds is 6. The molecular weight excluding hydrogens is 336 g/mol. The van der Waals surface area contributed by atoms with Crippen molar-refractivity contribution in [2.45, 2.75) is 45.3 Å². The van der Waals surface area contributed by atoms with Crippen molar-refractivity contribution in [3.63, 3.8) is 0 Å². The van der Waals surface area contributed by atoms with Crippen molar-refractivity contribution in [2.24, 2.45) is 5.92 Å². The highest BCUT2D eigenvalue weighted by Crippen LogP contribution is 2.26. The molecule has 2 atom stereocenters. The average Bonchev–Trinajstić information content (AvgIpc) is 2.63. The third-order valence-electron chi connectivity index (χ3n) is 4.89. The van der Waals surface area contributed by atoms with E-state index in [0.29, 0.717) is 23.4 Å². The van der Waals surface area contributed by atoms with Crippen LogP contribution >= 0.6 is 0 Å². The first-order chi connectivity index (χ1) is 12.6. The van der Waals surface area contributed by atoms with Gasteiger partial charge in [-0.3, -0.25) is 9.59 Å². The highest BCUT2D eigenvalue weighted by atomic mass is 16.6. The van der Waals surface area contributed by atoms with Gasteiger partial charge in [0.2, 0.25) is 0 Å². The number of nitrogens with one attached hydrogen (secondary N) is 1. The smallest absolute Gasteiger partial charge is 0.329 e. The lowest BCUT2D eigenvalue weighted by Crippen LogP contribution is -2.38. The molecule has 2 aromatic rings. The molecule has 1 aliphatic carbocycles. The maximum Gasteiger partial charge on any atom is 0.329 e. The van der Waals surface area contributed by atoms with E-state index in [1.165, 1.54) is 12.8 Å². The molecule has 1 saturated carbocycles. The number of carbonyl (C=O) groups excluding carboxylic acids is 1. The third kappa shape index (κ3) is 4.22. The quantitative estimate of drug-likeness (QED) is 0.627. The highest BCUT2D eigenvalue weighted by Gasteiger charge is 2.21. The lowest BCUT2D eigenvalue weighted by atomic mass is 9.88. The zero-order chi connectivity index (χ0) is 18.5. The molecule has 0 spiro atoms. The maximum atomic E-state index is 12.4. The van der Waals surface area contributed by atoms with Gasteiger partial charge >= 0.3 is 11.7 Å². The molecule has 1 aromatic heterocycles. The molecule has 0 bridgehead atoms. The van der Waals surface area contributed by atoms with Gasteiger partial charge in [0.15, 0.2) is 0 Å². The lowest BCUT2D eigenvalue weighted by Gasteiger charge is -2.28. The van der Waals surface area contributed by atoms with Crippen LogP contribution in [0.3, 0.4) is 0 Å². The van der Waals surface area contributed by atoms with Crippen LogP contribution in [0.25, 0.3) is 10.9 Å². The number of aromatic amines is 1.